The zero-order valence-electron chi connectivity index (χ0n) is 20.0. The number of aryl methyl sites for hydroxylation is 1. The molecule has 0 aliphatic rings. The number of methoxy groups -OCH3 is 1. The van der Waals surface area contributed by atoms with Gasteiger partial charge in [-0.15, -0.1) is 0 Å². The number of nitrogens with one attached hydrogen (secondary N) is 3. The molecular formula is C22H21F3N6O6S. The number of carbonyl (C=O) groups excluding carboxylic acids is 1. The smallest absolute Gasteiger partial charge is 0.448 e. The highest BCUT2D eigenvalue weighted by Crippen LogP contribution is 2.37. The van der Waals surface area contributed by atoms with Crippen molar-refractivity contribution < 1.29 is 39.9 Å². The van der Waals surface area contributed by atoms with Crippen molar-refractivity contribution >= 4 is 45.1 Å². The SMILES string of the molecule is C=CC(=O)Nc1cc(C)ccc1Nc1nc(Nc2cc(OC)nc(OS(=O)(=O)O)c2C)ncc1C(F)(F)F. The van der Waals surface area contributed by atoms with E-state index < -0.39 is 39.7 Å². The number of hydrogen-bond donors (Lipinski definition) is 4. The van der Waals surface area contributed by atoms with Gasteiger partial charge in [-0.2, -0.15) is 31.6 Å². The number of halogens is 3. The van der Waals surface area contributed by atoms with Gasteiger partial charge in [-0.3, -0.25) is 9.35 Å². The number of pyridine rings is 1. The van der Waals surface area contributed by atoms with Gasteiger partial charge in [-0.1, -0.05) is 12.6 Å². The molecule has 0 saturated carbocycles. The van der Waals surface area contributed by atoms with Crippen molar-refractivity contribution in [1.82, 2.24) is 15.0 Å². The number of benzene rings is 1. The molecule has 0 bridgehead atoms. The second kappa shape index (κ2) is 10.9. The molecule has 0 aliphatic heterocycles. The lowest BCUT2D eigenvalue weighted by atomic mass is 10.1. The van der Waals surface area contributed by atoms with E-state index in [1.54, 1.807) is 19.1 Å². The molecule has 0 spiro atoms. The van der Waals surface area contributed by atoms with Gasteiger partial charge in [-0.05, 0) is 37.6 Å². The highest BCUT2D eigenvalue weighted by Gasteiger charge is 2.35. The van der Waals surface area contributed by atoms with Gasteiger partial charge in [0.1, 0.15) is 11.4 Å². The van der Waals surface area contributed by atoms with E-state index in [-0.39, 0.29) is 34.5 Å². The summed E-state index contributed by atoms with van der Waals surface area (Å²) in [4.78, 5) is 23.3. The maximum Gasteiger partial charge on any atom is 0.448 e. The summed E-state index contributed by atoms with van der Waals surface area (Å²) in [6, 6.07) is 5.90. The van der Waals surface area contributed by atoms with Crippen molar-refractivity contribution in [3.63, 3.8) is 0 Å². The first-order chi connectivity index (χ1) is 17.7. The Hall–Kier alpha value is -4.44. The topological polar surface area (TPSA) is 165 Å². The van der Waals surface area contributed by atoms with E-state index in [4.69, 9.17) is 9.29 Å². The summed E-state index contributed by atoms with van der Waals surface area (Å²) in [5.74, 6) is -2.27. The molecule has 202 valence electrons. The van der Waals surface area contributed by atoms with E-state index in [0.717, 1.165) is 11.6 Å². The van der Waals surface area contributed by atoms with Gasteiger partial charge in [-0.25, -0.2) is 4.98 Å². The summed E-state index contributed by atoms with van der Waals surface area (Å²) in [5, 5.41) is 7.74. The number of rotatable bonds is 9. The molecular weight excluding hydrogens is 533 g/mol. The van der Waals surface area contributed by atoms with Gasteiger partial charge in [0.2, 0.25) is 23.6 Å². The Bertz CT molecular complexity index is 1500. The van der Waals surface area contributed by atoms with Gasteiger partial charge in [0.05, 0.1) is 24.2 Å². The number of alkyl halides is 3. The largest absolute Gasteiger partial charge is 0.481 e. The van der Waals surface area contributed by atoms with Crippen LogP contribution < -0.4 is 24.9 Å². The van der Waals surface area contributed by atoms with Gasteiger partial charge in [0, 0.05) is 17.8 Å². The maximum atomic E-state index is 13.8. The fraction of sp³-hybridized carbons (Fsp3) is 0.182. The van der Waals surface area contributed by atoms with Crippen molar-refractivity contribution in [2.24, 2.45) is 0 Å². The monoisotopic (exact) mass is 554 g/mol. The fourth-order valence-corrected chi connectivity index (χ4v) is 3.39. The van der Waals surface area contributed by atoms with Crippen molar-refractivity contribution in [1.29, 1.82) is 0 Å². The lowest BCUT2D eigenvalue weighted by Crippen LogP contribution is -2.14. The Morgan fingerprint density at radius 2 is 1.82 bits per heavy atom. The standard InChI is InChI=1S/C22H21F3N6O6S/c1-5-17(32)27-16-8-11(2)6-7-14(16)28-19-13(22(23,24)25)10-26-21(31-19)29-15-9-18(36-4)30-20(12(15)3)37-38(33,34)35/h5-10H,1H2,2-4H3,(H,27,32)(H,33,34,35)(H2,26,28,29,30,31). The van der Waals surface area contributed by atoms with Gasteiger partial charge < -0.3 is 24.9 Å². The third-order valence-electron chi connectivity index (χ3n) is 4.81. The number of anilines is 5. The Kier molecular flexibility index (Phi) is 8.07. The van der Waals surface area contributed by atoms with Crippen molar-refractivity contribution in [2.75, 3.05) is 23.1 Å². The number of carbonyl (C=O) groups is 1. The van der Waals surface area contributed by atoms with E-state index in [0.29, 0.717) is 6.20 Å². The van der Waals surface area contributed by atoms with Crippen LogP contribution in [0.25, 0.3) is 0 Å². The van der Waals surface area contributed by atoms with Crippen LogP contribution >= 0.6 is 0 Å². The Labute approximate surface area is 214 Å². The normalized spacial score (nSPS) is 11.4. The van der Waals surface area contributed by atoms with Crippen LogP contribution in [0.2, 0.25) is 0 Å². The summed E-state index contributed by atoms with van der Waals surface area (Å²) in [6.45, 7) is 6.45. The molecule has 1 aromatic carbocycles. The van der Waals surface area contributed by atoms with E-state index in [2.05, 4.69) is 41.7 Å². The first-order valence-corrected chi connectivity index (χ1v) is 11.8. The summed E-state index contributed by atoms with van der Waals surface area (Å²) < 4.78 is 82.1. The van der Waals surface area contributed by atoms with E-state index in [9.17, 15) is 26.4 Å². The van der Waals surface area contributed by atoms with Crippen molar-refractivity contribution in [3.05, 3.63) is 59.8 Å². The fourth-order valence-electron chi connectivity index (χ4n) is 3.03. The number of nitrogens with zero attached hydrogens (tertiary/aromatic N) is 3. The van der Waals surface area contributed by atoms with Crippen LogP contribution in [0, 0.1) is 13.8 Å². The van der Waals surface area contributed by atoms with Crippen molar-refractivity contribution in [2.45, 2.75) is 20.0 Å². The third kappa shape index (κ3) is 7.07. The average molecular weight is 555 g/mol. The zero-order valence-corrected chi connectivity index (χ0v) is 20.9. The van der Waals surface area contributed by atoms with Crippen LogP contribution in [0.5, 0.6) is 11.8 Å². The first kappa shape index (κ1) is 28.1. The van der Waals surface area contributed by atoms with Crippen LogP contribution in [0.3, 0.4) is 0 Å². The molecule has 0 aliphatic carbocycles. The van der Waals surface area contributed by atoms with Crippen LogP contribution in [-0.4, -0.2) is 40.9 Å². The predicted molar refractivity (Wildman–Crippen MR) is 131 cm³/mol. The summed E-state index contributed by atoms with van der Waals surface area (Å²) in [7, 11) is -3.72. The minimum Gasteiger partial charge on any atom is -0.481 e. The molecule has 12 nitrogen and oxygen atoms in total. The molecule has 0 unspecified atom stereocenters. The molecule has 0 saturated heterocycles. The highest BCUT2D eigenvalue weighted by atomic mass is 32.3. The Morgan fingerprint density at radius 3 is 2.42 bits per heavy atom. The minimum atomic E-state index is -4.94. The van der Waals surface area contributed by atoms with E-state index >= 15 is 0 Å². The highest BCUT2D eigenvalue weighted by molar-refractivity contribution is 7.81. The number of amides is 1. The molecule has 2 aromatic heterocycles. The summed E-state index contributed by atoms with van der Waals surface area (Å²) in [5.41, 5.74) is -0.112. The number of ether oxygens (including phenoxy) is 1. The summed E-state index contributed by atoms with van der Waals surface area (Å²) in [6.07, 6.45) is -3.30. The molecule has 0 fully saturated rings. The van der Waals surface area contributed by atoms with Gasteiger partial charge in [0.25, 0.3) is 0 Å². The summed E-state index contributed by atoms with van der Waals surface area (Å²) >= 11 is 0. The Morgan fingerprint density at radius 1 is 1.11 bits per heavy atom. The average Bonchev–Trinajstić information content (AvgIpc) is 2.81. The molecule has 2 heterocycles. The molecule has 3 rings (SSSR count). The number of aromatic nitrogens is 3. The van der Waals surface area contributed by atoms with Crippen LogP contribution in [0.15, 0.2) is 43.1 Å². The van der Waals surface area contributed by atoms with Crippen LogP contribution in [0.4, 0.5) is 42.0 Å². The Balaban J connectivity index is 2.07. The molecule has 3 aromatic rings. The second-order valence-electron chi connectivity index (χ2n) is 7.60. The van der Waals surface area contributed by atoms with Gasteiger partial charge in [0.15, 0.2) is 0 Å². The first-order valence-electron chi connectivity index (χ1n) is 10.4. The van der Waals surface area contributed by atoms with Crippen molar-refractivity contribution in [3.8, 4) is 11.8 Å². The lowest BCUT2D eigenvalue weighted by molar-refractivity contribution is -0.137. The van der Waals surface area contributed by atoms with E-state index in [1.807, 2.05) is 0 Å². The molecule has 38 heavy (non-hydrogen) atoms. The van der Waals surface area contributed by atoms with Crippen LogP contribution in [-0.2, 0) is 21.4 Å². The number of hydrogen-bond acceptors (Lipinski definition) is 10. The second-order valence-corrected chi connectivity index (χ2v) is 8.62. The molecule has 1 amide bonds. The lowest BCUT2D eigenvalue weighted by Gasteiger charge is -2.18. The maximum absolute atomic E-state index is 13.8. The third-order valence-corrected chi connectivity index (χ3v) is 5.18. The quantitative estimate of drug-likeness (QED) is 0.220. The molecule has 0 radical (unpaired) electrons. The van der Waals surface area contributed by atoms with Crippen LogP contribution in [0.1, 0.15) is 16.7 Å². The minimum absolute atomic E-state index is 0.0365. The predicted octanol–water partition coefficient (Wildman–Crippen LogP) is 4.31. The molecule has 4 N–H and O–H groups in total. The molecule has 0 atom stereocenters. The van der Waals surface area contributed by atoms with E-state index in [1.165, 1.54) is 26.2 Å². The van der Waals surface area contributed by atoms with Gasteiger partial charge >= 0.3 is 16.6 Å². The molecule has 16 heteroatoms. The zero-order chi connectivity index (χ0) is 28.3.